The van der Waals surface area contributed by atoms with Crippen LogP contribution in [0.15, 0.2) is 42.5 Å². The van der Waals surface area contributed by atoms with Crippen molar-refractivity contribution in [3.63, 3.8) is 0 Å². The van der Waals surface area contributed by atoms with Crippen LogP contribution in [-0.2, 0) is 15.8 Å². The maximum atomic E-state index is 14.3. The van der Waals surface area contributed by atoms with Gasteiger partial charge in [0.1, 0.15) is 17.4 Å². The van der Waals surface area contributed by atoms with E-state index in [2.05, 4.69) is 5.32 Å². The number of amides is 5. The lowest BCUT2D eigenvalue weighted by molar-refractivity contribution is -0.139. The fraction of sp³-hybridized carbons (Fsp3) is 0.407. The van der Waals surface area contributed by atoms with E-state index in [9.17, 15) is 36.7 Å². The van der Waals surface area contributed by atoms with Gasteiger partial charge in [0, 0.05) is 31.5 Å². The molecular weight excluding hydrogens is 534 g/mol. The van der Waals surface area contributed by atoms with Crippen molar-refractivity contribution in [3.8, 4) is 0 Å². The van der Waals surface area contributed by atoms with Gasteiger partial charge in [0.2, 0.25) is 5.91 Å². The number of nitrogens with one attached hydrogen (secondary N) is 1. The number of urea groups is 1. The van der Waals surface area contributed by atoms with Crippen molar-refractivity contribution in [1.29, 1.82) is 0 Å². The van der Waals surface area contributed by atoms with E-state index in [4.69, 9.17) is 5.73 Å². The van der Waals surface area contributed by atoms with E-state index in [1.165, 1.54) is 16.8 Å². The van der Waals surface area contributed by atoms with Crippen molar-refractivity contribution >= 4 is 35.1 Å². The van der Waals surface area contributed by atoms with Gasteiger partial charge in [-0.05, 0) is 61.2 Å². The Kier molecular flexibility index (Phi) is 7.52. The Bertz CT molecular complexity index is 1340. The van der Waals surface area contributed by atoms with Crippen LogP contribution in [0.4, 0.5) is 33.7 Å². The first-order valence-electron chi connectivity index (χ1n) is 12.6. The third-order valence-corrected chi connectivity index (χ3v) is 7.42. The van der Waals surface area contributed by atoms with Gasteiger partial charge in [0.15, 0.2) is 0 Å². The first-order chi connectivity index (χ1) is 18.7. The van der Waals surface area contributed by atoms with Crippen LogP contribution in [0.5, 0.6) is 0 Å². The smallest absolute Gasteiger partial charge is 0.399 e. The average molecular weight is 564 g/mol. The Hall–Kier alpha value is -4.16. The minimum atomic E-state index is -4.78. The van der Waals surface area contributed by atoms with Crippen molar-refractivity contribution in [2.24, 2.45) is 5.92 Å². The lowest BCUT2D eigenvalue weighted by Gasteiger charge is -2.43. The van der Waals surface area contributed by atoms with Crippen molar-refractivity contribution in [3.05, 3.63) is 59.4 Å². The molecule has 4 rings (SSSR count). The standard InChI is InChI=1S/C27H29F4N5O4/c1-15(2)21(33-22(37)19-14-16(27(29,30)31)4-9-20(19)28)23(38)35-12-10-26(11-13-35)24(39)34(3)25(40)36(26)18-7-5-17(32)6-8-18/h4-9,14-15,21H,10-13,32H2,1-3H3,(H,33,37). The van der Waals surface area contributed by atoms with Crippen molar-refractivity contribution in [2.45, 2.75) is 44.4 Å². The number of imide groups is 1. The Balaban J connectivity index is 1.53. The third kappa shape index (κ3) is 5.07. The molecular formula is C27H29F4N5O4. The van der Waals surface area contributed by atoms with Gasteiger partial charge in [-0.2, -0.15) is 13.2 Å². The van der Waals surface area contributed by atoms with Gasteiger partial charge in [0.05, 0.1) is 11.1 Å². The first kappa shape index (κ1) is 28.8. The van der Waals surface area contributed by atoms with E-state index in [1.54, 1.807) is 38.1 Å². The Morgan fingerprint density at radius 2 is 1.62 bits per heavy atom. The largest absolute Gasteiger partial charge is 0.416 e. The lowest BCUT2D eigenvalue weighted by Crippen LogP contribution is -2.60. The summed E-state index contributed by atoms with van der Waals surface area (Å²) in [5.74, 6) is -3.74. The molecule has 13 heteroatoms. The lowest BCUT2D eigenvalue weighted by atomic mass is 9.85. The van der Waals surface area contributed by atoms with Crippen molar-refractivity contribution < 1.29 is 36.7 Å². The maximum absolute atomic E-state index is 14.3. The van der Waals surface area contributed by atoms with Crippen LogP contribution in [0, 0.1) is 11.7 Å². The van der Waals surface area contributed by atoms with Gasteiger partial charge in [0.25, 0.3) is 11.8 Å². The highest BCUT2D eigenvalue weighted by Crippen LogP contribution is 2.40. The van der Waals surface area contributed by atoms with E-state index in [0.29, 0.717) is 29.6 Å². The number of hydrogen-bond acceptors (Lipinski definition) is 5. The van der Waals surface area contributed by atoms with Crippen LogP contribution >= 0.6 is 0 Å². The average Bonchev–Trinajstić information content (AvgIpc) is 3.07. The van der Waals surface area contributed by atoms with Crippen LogP contribution < -0.4 is 16.0 Å². The van der Waals surface area contributed by atoms with Gasteiger partial charge in [-0.1, -0.05) is 13.8 Å². The predicted octanol–water partition coefficient (Wildman–Crippen LogP) is 3.64. The maximum Gasteiger partial charge on any atom is 0.416 e. The number of rotatable bonds is 5. The molecule has 2 aromatic carbocycles. The minimum absolute atomic E-state index is 0.0637. The molecule has 0 aromatic heterocycles. The van der Waals surface area contributed by atoms with Gasteiger partial charge in [-0.25, -0.2) is 9.18 Å². The summed E-state index contributed by atoms with van der Waals surface area (Å²) < 4.78 is 53.6. The second-order valence-electron chi connectivity index (χ2n) is 10.3. The number of carbonyl (C=O) groups excluding carboxylic acids is 4. The normalized spacial score (nSPS) is 18.1. The van der Waals surface area contributed by atoms with Gasteiger partial charge >= 0.3 is 12.2 Å². The van der Waals surface area contributed by atoms with E-state index in [-0.39, 0.29) is 25.9 Å². The summed E-state index contributed by atoms with van der Waals surface area (Å²) in [5, 5.41) is 2.38. The molecule has 2 aliphatic heterocycles. The Morgan fingerprint density at radius 3 is 2.17 bits per heavy atom. The monoisotopic (exact) mass is 563 g/mol. The number of halogens is 4. The number of alkyl halides is 3. The molecule has 2 aliphatic rings. The molecule has 0 radical (unpaired) electrons. The quantitative estimate of drug-likeness (QED) is 0.328. The molecule has 0 aliphatic carbocycles. The summed E-state index contributed by atoms with van der Waals surface area (Å²) in [6.07, 6.45) is -4.56. The molecule has 0 bridgehead atoms. The molecule has 1 spiro atoms. The number of carbonyl (C=O) groups is 4. The Labute approximate surface area is 227 Å². The fourth-order valence-electron chi connectivity index (χ4n) is 5.15. The molecule has 1 atom stereocenters. The first-order valence-corrected chi connectivity index (χ1v) is 12.6. The number of hydrogen-bond donors (Lipinski definition) is 2. The van der Waals surface area contributed by atoms with Gasteiger partial charge in [-0.15, -0.1) is 0 Å². The summed E-state index contributed by atoms with van der Waals surface area (Å²) in [6.45, 7) is 3.39. The highest BCUT2D eigenvalue weighted by Gasteiger charge is 2.58. The van der Waals surface area contributed by atoms with Crippen LogP contribution in [0.3, 0.4) is 0 Å². The van der Waals surface area contributed by atoms with Crippen LogP contribution in [0.25, 0.3) is 0 Å². The van der Waals surface area contributed by atoms with Crippen molar-refractivity contribution in [2.75, 3.05) is 30.8 Å². The van der Waals surface area contributed by atoms with E-state index < -0.39 is 64.4 Å². The number of nitrogens with zero attached hydrogens (tertiary/aromatic N) is 3. The van der Waals surface area contributed by atoms with Crippen molar-refractivity contribution in [1.82, 2.24) is 15.1 Å². The SMILES string of the molecule is CC(C)C(NC(=O)c1cc(C(F)(F)F)ccc1F)C(=O)N1CCC2(CC1)C(=O)N(C)C(=O)N2c1ccc(N)cc1. The number of nitrogens with two attached hydrogens (primary N) is 1. The molecule has 40 heavy (non-hydrogen) atoms. The van der Waals surface area contributed by atoms with Gasteiger partial charge < -0.3 is 16.0 Å². The van der Waals surface area contributed by atoms with Crippen LogP contribution in [-0.4, -0.2) is 65.3 Å². The third-order valence-electron chi connectivity index (χ3n) is 7.42. The molecule has 3 N–H and O–H groups in total. The second-order valence-corrected chi connectivity index (χ2v) is 10.3. The number of piperidine rings is 1. The summed E-state index contributed by atoms with van der Waals surface area (Å²) >= 11 is 0. The van der Waals surface area contributed by atoms with E-state index >= 15 is 0 Å². The van der Waals surface area contributed by atoms with Crippen LogP contribution in [0.2, 0.25) is 0 Å². The summed E-state index contributed by atoms with van der Waals surface area (Å²) in [6, 6.07) is 6.30. The molecule has 214 valence electrons. The zero-order valence-corrected chi connectivity index (χ0v) is 22.1. The molecule has 2 fully saturated rings. The molecule has 2 saturated heterocycles. The summed E-state index contributed by atoms with van der Waals surface area (Å²) in [5.41, 5.74) is 3.48. The van der Waals surface area contributed by atoms with Crippen LogP contribution in [0.1, 0.15) is 42.6 Å². The molecule has 1 unspecified atom stereocenters. The molecule has 5 amide bonds. The minimum Gasteiger partial charge on any atom is -0.399 e. The molecule has 9 nitrogen and oxygen atoms in total. The molecule has 0 saturated carbocycles. The summed E-state index contributed by atoms with van der Waals surface area (Å²) in [4.78, 5) is 56.4. The van der Waals surface area contributed by atoms with Gasteiger partial charge in [-0.3, -0.25) is 24.2 Å². The highest BCUT2D eigenvalue weighted by molar-refractivity contribution is 6.16. The zero-order valence-electron chi connectivity index (χ0n) is 22.1. The fourth-order valence-corrected chi connectivity index (χ4v) is 5.15. The second kappa shape index (κ2) is 10.4. The number of likely N-dealkylation sites (N-methyl/N-ethyl adjacent to an activating group) is 1. The summed E-state index contributed by atoms with van der Waals surface area (Å²) in [7, 11) is 1.39. The molecule has 2 aromatic rings. The predicted molar refractivity (Wildman–Crippen MR) is 138 cm³/mol. The van der Waals surface area contributed by atoms with E-state index in [1.807, 2.05) is 0 Å². The topological polar surface area (TPSA) is 116 Å². The molecule has 2 heterocycles. The highest BCUT2D eigenvalue weighted by atomic mass is 19.4. The zero-order chi connectivity index (χ0) is 29.6. The number of nitrogen functional groups attached to an aromatic ring is 1. The van der Waals surface area contributed by atoms with E-state index in [0.717, 1.165) is 4.90 Å². The number of likely N-dealkylation sites (tertiary alicyclic amines) is 1. The Morgan fingerprint density at radius 1 is 1.02 bits per heavy atom. The number of anilines is 2. The number of benzene rings is 2.